The summed E-state index contributed by atoms with van der Waals surface area (Å²) < 4.78 is 38.7. The second kappa shape index (κ2) is 6.74. The number of likely N-dealkylation sites (tertiary alicyclic amines) is 1. The molecule has 3 aromatic rings. The van der Waals surface area contributed by atoms with Crippen LogP contribution in [0.1, 0.15) is 16.8 Å². The van der Waals surface area contributed by atoms with Gasteiger partial charge in [-0.1, -0.05) is 12.1 Å². The van der Waals surface area contributed by atoms with Crippen molar-refractivity contribution in [1.82, 2.24) is 9.88 Å². The average Bonchev–Trinajstić information content (AvgIpc) is 3.18. The SMILES string of the molecule is O=C(c1cccc2cnccc12)N1CCC(S(=O)(=O)c2ccc(F)cc2)C1. The highest BCUT2D eigenvalue weighted by Crippen LogP contribution is 2.27. The molecule has 4 rings (SSSR count). The van der Waals surface area contributed by atoms with E-state index in [1.165, 1.54) is 12.1 Å². The van der Waals surface area contributed by atoms with Gasteiger partial charge in [0.2, 0.25) is 0 Å². The number of pyridine rings is 1. The molecule has 138 valence electrons. The van der Waals surface area contributed by atoms with E-state index in [0.29, 0.717) is 18.5 Å². The third-order valence-electron chi connectivity index (χ3n) is 4.92. The maximum absolute atomic E-state index is 13.1. The Balaban J connectivity index is 1.59. The van der Waals surface area contributed by atoms with Gasteiger partial charge in [0.15, 0.2) is 9.84 Å². The molecule has 1 aliphatic rings. The number of sulfone groups is 1. The second-order valence-electron chi connectivity index (χ2n) is 6.56. The van der Waals surface area contributed by atoms with E-state index in [9.17, 15) is 17.6 Å². The molecule has 0 spiro atoms. The van der Waals surface area contributed by atoms with Crippen LogP contribution >= 0.6 is 0 Å². The van der Waals surface area contributed by atoms with E-state index in [-0.39, 0.29) is 17.3 Å². The minimum atomic E-state index is -3.62. The number of benzene rings is 2. The van der Waals surface area contributed by atoms with Gasteiger partial charge in [0.05, 0.1) is 10.1 Å². The van der Waals surface area contributed by atoms with E-state index in [4.69, 9.17) is 0 Å². The Morgan fingerprint density at radius 3 is 2.67 bits per heavy atom. The second-order valence-corrected chi connectivity index (χ2v) is 8.79. The summed E-state index contributed by atoms with van der Waals surface area (Å²) in [4.78, 5) is 18.7. The van der Waals surface area contributed by atoms with Gasteiger partial charge >= 0.3 is 0 Å². The van der Waals surface area contributed by atoms with Gasteiger partial charge in [0.25, 0.3) is 5.91 Å². The van der Waals surface area contributed by atoms with Crippen molar-refractivity contribution >= 4 is 26.5 Å². The van der Waals surface area contributed by atoms with Crippen LogP contribution in [0, 0.1) is 5.82 Å². The predicted octanol–water partition coefficient (Wildman–Crippen LogP) is 3.06. The molecule has 0 N–H and O–H groups in total. The van der Waals surface area contributed by atoms with Crippen molar-refractivity contribution in [3.05, 3.63) is 72.3 Å². The highest BCUT2D eigenvalue weighted by Gasteiger charge is 2.36. The predicted molar refractivity (Wildman–Crippen MR) is 99.6 cm³/mol. The lowest BCUT2D eigenvalue weighted by Crippen LogP contribution is -2.32. The summed E-state index contributed by atoms with van der Waals surface area (Å²) >= 11 is 0. The molecule has 0 bridgehead atoms. The molecule has 0 saturated carbocycles. The number of nitrogens with zero attached hydrogens (tertiary/aromatic N) is 2. The molecule has 1 aromatic heterocycles. The minimum absolute atomic E-state index is 0.0828. The fourth-order valence-electron chi connectivity index (χ4n) is 3.46. The molecule has 1 saturated heterocycles. The van der Waals surface area contributed by atoms with Crippen LogP contribution in [-0.4, -0.2) is 42.5 Å². The number of hydrogen-bond acceptors (Lipinski definition) is 4. The van der Waals surface area contributed by atoms with Crippen LogP contribution in [0.5, 0.6) is 0 Å². The fourth-order valence-corrected chi connectivity index (χ4v) is 5.15. The number of carbonyl (C=O) groups excluding carboxylic acids is 1. The average molecular weight is 384 g/mol. The molecular weight excluding hydrogens is 367 g/mol. The number of halogens is 1. The summed E-state index contributed by atoms with van der Waals surface area (Å²) in [5.41, 5.74) is 0.537. The van der Waals surface area contributed by atoms with Crippen LogP contribution in [0.15, 0.2) is 65.8 Å². The molecule has 7 heteroatoms. The van der Waals surface area contributed by atoms with Crippen molar-refractivity contribution in [2.45, 2.75) is 16.6 Å². The van der Waals surface area contributed by atoms with Gasteiger partial charge < -0.3 is 4.90 Å². The topological polar surface area (TPSA) is 67.3 Å². The number of amides is 1. The molecular formula is C20H17FN2O3S. The van der Waals surface area contributed by atoms with Crippen LogP contribution in [0.25, 0.3) is 10.8 Å². The lowest BCUT2D eigenvalue weighted by molar-refractivity contribution is 0.0795. The normalized spacial score (nSPS) is 17.4. The monoisotopic (exact) mass is 384 g/mol. The maximum Gasteiger partial charge on any atom is 0.254 e. The summed E-state index contributed by atoms with van der Waals surface area (Å²) in [6.07, 6.45) is 3.68. The Bertz CT molecular complexity index is 1110. The van der Waals surface area contributed by atoms with E-state index in [2.05, 4.69) is 4.98 Å². The van der Waals surface area contributed by atoms with E-state index >= 15 is 0 Å². The third-order valence-corrected chi connectivity index (χ3v) is 7.12. The van der Waals surface area contributed by atoms with E-state index in [1.807, 2.05) is 6.07 Å². The summed E-state index contributed by atoms with van der Waals surface area (Å²) in [6, 6.07) is 12.0. The van der Waals surface area contributed by atoms with Crippen LogP contribution < -0.4 is 0 Å². The Labute approximate surface area is 156 Å². The molecule has 2 heterocycles. The van der Waals surface area contributed by atoms with Gasteiger partial charge in [-0.2, -0.15) is 0 Å². The van der Waals surface area contributed by atoms with Gasteiger partial charge in [-0.3, -0.25) is 9.78 Å². The standard InChI is InChI=1S/C20H17FN2O3S/c21-15-4-6-16(7-5-15)27(25,26)17-9-11-23(13-17)20(24)19-3-1-2-14-12-22-10-8-18(14)19/h1-8,10,12,17H,9,11,13H2. The first-order valence-corrected chi connectivity index (χ1v) is 10.1. The van der Waals surface area contributed by atoms with Crippen LogP contribution in [0.2, 0.25) is 0 Å². The molecule has 1 amide bonds. The smallest absolute Gasteiger partial charge is 0.254 e. The van der Waals surface area contributed by atoms with Crippen LogP contribution in [0.4, 0.5) is 4.39 Å². The zero-order chi connectivity index (χ0) is 19.0. The Kier molecular flexibility index (Phi) is 4.39. The van der Waals surface area contributed by atoms with Crippen molar-refractivity contribution in [2.75, 3.05) is 13.1 Å². The van der Waals surface area contributed by atoms with Crippen molar-refractivity contribution in [3.63, 3.8) is 0 Å². The van der Waals surface area contributed by atoms with E-state index in [0.717, 1.165) is 22.9 Å². The minimum Gasteiger partial charge on any atom is -0.337 e. The first-order chi connectivity index (χ1) is 13.0. The summed E-state index contributed by atoms with van der Waals surface area (Å²) in [5, 5.41) is 0.962. The molecule has 1 aliphatic heterocycles. The lowest BCUT2D eigenvalue weighted by Gasteiger charge is -2.18. The first kappa shape index (κ1) is 17.6. The summed E-state index contributed by atoms with van der Waals surface area (Å²) in [6.45, 7) is 0.491. The zero-order valence-corrected chi connectivity index (χ0v) is 15.2. The van der Waals surface area contributed by atoms with Crippen molar-refractivity contribution in [1.29, 1.82) is 0 Å². The Morgan fingerprint density at radius 1 is 1.11 bits per heavy atom. The molecule has 1 atom stereocenters. The first-order valence-electron chi connectivity index (χ1n) is 8.58. The van der Waals surface area contributed by atoms with Gasteiger partial charge in [-0.15, -0.1) is 0 Å². The number of hydrogen-bond donors (Lipinski definition) is 0. The maximum atomic E-state index is 13.1. The van der Waals surface area contributed by atoms with E-state index in [1.54, 1.807) is 35.5 Å². The molecule has 0 radical (unpaired) electrons. The van der Waals surface area contributed by atoms with Gasteiger partial charge in [-0.05, 0) is 48.2 Å². The number of carbonyl (C=O) groups is 1. The van der Waals surface area contributed by atoms with Crippen molar-refractivity contribution in [3.8, 4) is 0 Å². The van der Waals surface area contributed by atoms with Gasteiger partial charge in [0.1, 0.15) is 5.82 Å². The molecule has 1 unspecified atom stereocenters. The fraction of sp³-hybridized carbons (Fsp3) is 0.200. The number of aromatic nitrogens is 1. The highest BCUT2D eigenvalue weighted by atomic mass is 32.2. The quantitative estimate of drug-likeness (QED) is 0.651. The zero-order valence-electron chi connectivity index (χ0n) is 14.4. The molecule has 0 aliphatic carbocycles. The highest BCUT2D eigenvalue weighted by molar-refractivity contribution is 7.92. The van der Waals surface area contributed by atoms with E-state index < -0.39 is 20.9 Å². The van der Waals surface area contributed by atoms with Crippen LogP contribution in [0.3, 0.4) is 0 Å². The third kappa shape index (κ3) is 3.19. The van der Waals surface area contributed by atoms with Gasteiger partial charge in [0, 0.05) is 36.4 Å². The molecule has 1 fully saturated rings. The lowest BCUT2D eigenvalue weighted by atomic mass is 10.1. The Hall–Kier alpha value is -2.80. The molecule has 27 heavy (non-hydrogen) atoms. The number of rotatable bonds is 3. The molecule has 5 nitrogen and oxygen atoms in total. The van der Waals surface area contributed by atoms with Crippen molar-refractivity contribution < 1.29 is 17.6 Å². The van der Waals surface area contributed by atoms with Gasteiger partial charge in [-0.25, -0.2) is 12.8 Å². The Morgan fingerprint density at radius 2 is 1.89 bits per heavy atom. The van der Waals surface area contributed by atoms with Crippen LogP contribution in [-0.2, 0) is 9.84 Å². The summed E-state index contributed by atoms with van der Waals surface area (Å²) in [7, 11) is -3.62. The number of fused-ring (bicyclic) bond motifs is 1. The van der Waals surface area contributed by atoms with Crippen molar-refractivity contribution in [2.24, 2.45) is 0 Å². The largest absolute Gasteiger partial charge is 0.337 e. The summed E-state index contributed by atoms with van der Waals surface area (Å²) in [5.74, 6) is -0.675. The molecule has 2 aromatic carbocycles.